The SMILES string of the molecule is O=C(O)CS(=O)(=O)NCCCc1ncn[nH]1. The third-order valence-corrected chi connectivity index (χ3v) is 2.96. The Morgan fingerprint density at radius 3 is 2.88 bits per heavy atom. The van der Waals surface area contributed by atoms with Gasteiger partial charge >= 0.3 is 5.97 Å². The van der Waals surface area contributed by atoms with Gasteiger partial charge in [0.1, 0.15) is 12.2 Å². The molecule has 9 heteroatoms. The fraction of sp³-hybridized carbons (Fsp3) is 0.571. The van der Waals surface area contributed by atoms with Gasteiger partial charge in [-0.2, -0.15) is 5.10 Å². The van der Waals surface area contributed by atoms with Crippen molar-refractivity contribution in [3.63, 3.8) is 0 Å². The molecule has 0 saturated heterocycles. The Kier molecular flexibility index (Phi) is 4.38. The van der Waals surface area contributed by atoms with Crippen molar-refractivity contribution < 1.29 is 18.3 Å². The second-order valence-corrected chi connectivity index (χ2v) is 4.89. The lowest BCUT2D eigenvalue weighted by Crippen LogP contribution is -2.30. The predicted molar refractivity (Wildman–Crippen MR) is 54.1 cm³/mol. The number of H-pyrrole nitrogens is 1. The molecule has 1 heterocycles. The van der Waals surface area contributed by atoms with Crippen LogP contribution in [0.15, 0.2) is 6.33 Å². The maximum Gasteiger partial charge on any atom is 0.320 e. The Labute approximate surface area is 92.1 Å². The quantitative estimate of drug-likeness (QED) is 0.517. The van der Waals surface area contributed by atoms with Gasteiger partial charge < -0.3 is 5.11 Å². The summed E-state index contributed by atoms with van der Waals surface area (Å²) in [6, 6.07) is 0. The maximum atomic E-state index is 11.1. The summed E-state index contributed by atoms with van der Waals surface area (Å²) in [5, 5.41) is 14.6. The number of aryl methyl sites for hydroxylation is 1. The summed E-state index contributed by atoms with van der Waals surface area (Å²) in [6.07, 6.45) is 2.44. The molecule has 0 unspecified atom stereocenters. The molecule has 0 aliphatic rings. The number of carbonyl (C=O) groups is 1. The largest absolute Gasteiger partial charge is 0.480 e. The smallest absolute Gasteiger partial charge is 0.320 e. The van der Waals surface area contributed by atoms with Crippen LogP contribution < -0.4 is 4.72 Å². The second-order valence-electron chi connectivity index (χ2n) is 3.08. The summed E-state index contributed by atoms with van der Waals surface area (Å²) >= 11 is 0. The predicted octanol–water partition coefficient (Wildman–Crippen LogP) is -1.26. The summed E-state index contributed by atoms with van der Waals surface area (Å²) in [6.45, 7) is 0.177. The highest BCUT2D eigenvalue weighted by Gasteiger charge is 2.14. The van der Waals surface area contributed by atoms with Crippen LogP contribution >= 0.6 is 0 Å². The van der Waals surface area contributed by atoms with Gasteiger partial charge in [-0.3, -0.25) is 9.89 Å². The maximum absolute atomic E-state index is 11.1. The van der Waals surface area contributed by atoms with Crippen molar-refractivity contribution in [2.24, 2.45) is 0 Å². The van der Waals surface area contributed by atoms with E-state index >= 15 is 0 Å². The van der Waals surface area contributed by atoms with Gasteiger partial charge in [-0.25, -0.2) is 18.1 Å². The average molecular weight is 248 g/mol. The van der Waals surface area contributed by atoms with Crippen molar-refractivity contribution in [3.05, 3.63) is 12.2 Å². The lowest BCUT2D eigenvalue weighted by Gasteiger charge is -2.02. The third kappa shape index (κ3) is 4.84. The molecular formula is C7H12N4O4S. The van der Waals surface area contributed by atoms with E-state index in [2.05, 4.69) is 19.9 Å². The van der Waals surface area contributed by atoms with E-state index in [0.717, 1.165) is 0 Å². The van der Waals surface area contributed by atoms with Gasteiger partial charge in [0.15, 0.2) is 5.75 Å². The van der Waals surface area contributed by atoms with Crippen molar-refractivity contribution >= 4 is 16.0 Å². The van der Waals surface area contributed by atoms with Crippen LogP contribution in [0.3, 0.4) is 0 Å². The monoisotopic (exact) mass is 248 g/mol. The Bertz CT molecular complexity index is 427. The molecular weight excluding hydrogens is 236 g/mol. The van der Waals surface area contributed by atoms with Crippen LogP contribution in [0.4, 0.5) is 0 Å². The molecule has 3 N–H and O–H groups in total. The Morgan fingerprint density at radius 1 is 1.56 bits per heavy atom. The van der Waals surface area contributed by atoms with E-state index < -0.39 is 21.7 Å². The van der Waals surface area contributed by atoms with E-state index in [1.165, 1.54) is 6.33 Å². The highest BCUT2D eigenvalue weighted by molar-refractivity contribution is 7.90. The van der Waals surface area contributed by atoms with Gasteiger partial charge in [0.2, 0.25) is 10.0 Å². The minimum absolute atomic E-state index is 0.177. The van der Waals surface area contributed by atoms with Gasteiger partial charge in [-0.1, -0.05) is 0 Å². The number of hydrogen-bond donors (Lipinski definition) is 3. The first-order valence-electron chi connectivity index (χ1n) is 4.53. The molecule has 8 nitrogen and oxygen atoms in total. The molecule has 1 rings (SSSR count). The number of hydrogen-bond acceptors (Lipinski definition) is 5. The molecule has 0 saturated carbocycles. The highest BCUT2D eigenvalue weighted by atomic mass is 32.2. The van der Waals surface area contributed by atoms with E-state index in [1.54, 1.807) is 0 Å². The third-order valence-electron chi connectivity index (χ3n) is 1.69. The Morgan fingerprint density at radius 2 is 2.31 bits per heavy atom. The fourth-order valence-corrected chi connectivity index (χ4v) is 1.93. The molecule has 0 aliphatic heterocycles. The first-order valence-corrected chi connectivity index (χ1v) is 6.18. The second kappa shape index (κ2) is 5.56. The number of nitrogens with one attached hydrogen (secondary N) is 2. The van der Waals surface area contributed by atoms with Crippen LogP contribution in [-0.2, 0) is 21.2 Å². The van der Waals surface area contributed by atoms with Gasteiger partial charge in [-0.05, 0) is 6.42 Å². The zero-order valence-corrected chi connectivity index (χ0v) is 9.20. The lowest BCUT2D eigenvalue weighted by molar-refractivity contribution is -0.134. The van der Waals surface area contributed by atoms with Gasteiger partial charge in [0, 0.05) is 13.0 Å². The Balaban J connectivity index is 2.23. The van der Waals surface area contributed by atoms with E-state index in [9.17, 15) is 13.2 Å². The summed E-state index contributed by atoms with van der Waals surface area (Å²) < 4.78 is 24.3. The van der Waals surface area contributed by atoms with Gasteiger partial charge in [-0.15, -0.1) is 0 Å². The van der Waals surface area contributed by atoms with Crippen LogP contribution in [0.1, 0.15) is 12.2 Å². The minimum atomic E-state index is -3.72. The van der Waals surface area contributed by atoms with Crippen LogP contribution in [-0.4, -0.2) is 47.0 Å². The zero-order chi connectivity index (χ0) is 12.0. The van der Waals surface area contributed by atoms with Crippen molar-refractivity contribution in [1.29, 1.82) is 0 Å². The number of aliphatic carboxylic acids is 1. The van der Waals surface area contributed by atoms with Crippen molar-refractivity contribution in [2.45, 2.75) is 12.8 Å². The van der Waals surface area contributed by atoms with Crippen LogP contribution in [0, 0.1) is 0 Å². The number of nitrogens with zero attached hydrogens (tertiary/aromatic N) is 2. The molecule has 90 valence electrons. The number of aromatic amines is 1. The van der Waals surface area contributed by atoms with Crippen LogP contribution in [0.5, 0.6) is 0 Å². The molecule has 0 spiro atoms. The number of carboxylic acids is 1. The average Bonchev–Trinajstić information content (AvgIpc) is 2.62. The molecule has 0 aliphatic carbocycles. The molecule has 16 heavy (non-hydrogen) atoms. The molecule has 0 fully saturated rings. The first kappa shape index (κ1) is 12.6. The van der Waals surface area contributed by atoms with Crippen LogP contribution in [0.25, 0.3) is 0 Å². The van der Waals surface area contributed by atoms with Gasteiger partial charge in [0.05, 0.1) is 0 Å². The van der Waals surface area contributed by atoms with Gasteiger partial charge in [0.25, 0.3) is 0 Å². The molecule has 1 aromatic heterocycles. The number of rotatable bonds is 7. The topological polar surface area (TPSA) is 125 Å². The number of aromatic nitrogens is 3. The van der Waals surface area contributed by atoms with Crippen molar-refractivity contribution in [3.8, 4) is 0 Å². The molecule has 0 bridgehead atoms. The normalized spacial score (nSPS) is 11.5. The van der Waals surface area contributed by atoms with Crippen molar-refractivity contribution in [2.75, 3.05) is 12.3 Å². The summed E-state index contributed by atoms with van der Waals surface area (Å²) in [5.74, 6) is -1.62. The fourth-order valence-electron chi connectivity index (χ4n) is 1.05. The summed E-state index contributed by atoms with van der Waals surface area (Å²) in [7, 11) is -3.72. The van der Waals surface area contributed by atoms with E-state index in [0.29, 0.717) is 18.7 Å². The van der Waals surface area contributed by atoms with Crippen LogP contribution in [0.2, 0.25) is 0 Å². The van der Waals surface area contributed by atoms with E-state index in [4.69, 9.17) is 5.11 Å². The minimum Gasteiger partial charge on any atom is -0.480 e. The molecule has 0 radical (unpaired) electrons. The Hall–Kier alpha value is -1.48. The zero-order valence-electron chi connectivity index (χ0n) is 8.38. The molecule has 0 atom stereocenters. The molecule has 0 aromatic carbocycles. The molecule has 1 aromatic rings. The standard InChI is InChI=1S/C7H12N4O4S/c12-7(13)4-16(14,15)10-3-1-2-6-8-5-9-11-6/h5,10H,1-4H2,(H,12,13)(H,8,9,11). The first-order chi connectivity index (χ1) is 7.49. The highest BCUT2D eigenvalue weighted by Crippen LogP contribution is 1.93. The lowest BCUT2D eigenvalue weighted by atomic mass is 10.3. The van der Waals surface area contributed by atoms with E-state index in [1.807, 2.05) is 0 Å². The number of carboxylic acid groups (broad SMARTS) is 1. The summed E-state index contributed by atoms with van der Waals surface area (Å²) in [5.41, 5.74) is 0. The molecule has 0 amide bonds. The van der Waals surface area contributed by atoms with E-state index in [-0.39, 0.29) is 6.54 Å². The van der Waals surface area contributed by atoms with Crippen molar-refractivity contribution in [1.82, 2.24) is 19.9 Å². The summed E-state index contributed by atoms with van der Waals surface area (Å²) in [4.78, 5) is 14.1. The number of sulfonamides is 1.